The van der Waals surface area contributed by atoms with Crippen molar-refractivity contribution < 1.29 is 9.53 Å². The predicted molar refractivity (Wildman–Crippen MR) is 38.5 cm³/mol. The Labute approximate surface area is 60.7 Å². The molecule has 0 bridgehead atoms. The standard InChI is InChI=1S/C6H14N2O2/c1-3-8-5(4-7)6(9)10-2/h5,8H,3-4,7H2,1-2H3. The van der Waals surface area contributed by atoms with Gasteiger partial charge in [-0.25, -0.2) is 0 Å². The van der Waals surface area contributed by atoms with E-state index in [1.807, 2.05) is 6.92 Å². The van der Waals surface area contributed by atoms with E-state index in [1.165, 1.54) is 7.11 Å². The van der Waals surface area contributed by atoms with Crippen molar-refractivity contribution in [2.45, 2.75) is 13.0 Å². The molecular weight excluding hydrogens is 132 g/mol. The molecule has 0 saturated carbocycles. The lowest BCUT2D eigenvalue weighted by Gasteiger charge is -2.11. The molecule has 0 aromatic heterocycles. The number of carbonyl (C=O) groups is 1. The summed E-state index contributed by atoms with van der Waals surface area (Å²) in [4.78, 5) is 10.8. The molecule has 10 heavy (non-hydrogen) atoms. The molecule has 0 radical (unpaired) electrons. The highest BCUT2D eigenvalue weighted by atomic mass is 16.5. The smallest absolute Gasteiger partial charge is 0.324 e. The molecule has 0 aromatic carbocycles. The molecule has 1 atom stereocenters. The number of esters is 1. The highest BCUT2D eigenvalue weighted by Gasteiger charge is 2.14. The maximum absolute atomic E-state index is 10.8. The van der Waals surface area contributed by atoms with E-state index in [4.69, 9.17) is 5.73 Å². The van der Waals surface area contributed by atoms with Crippen molar-refractivity contribution in [1.29, 1.82) is 0 Å². The highest BCUT2D eigenvalue weighted by Crippen LogP contribution is 1.83. The largest absolute Gasteiger partial charge is 0.468 e. The first-order chi connectivity index (χ1) is 4.76. The molecule has 0 aliphatic heterocycles. The minimum absolute atomic E-state index is 0.278. The van der Waals surface area contributed by atoms with Crippen molar-refractivity contribution in [2.24, 2.45) is 5.73 Å². The number of rotatable bonds is 4. The Morgan fingerprint density at radius 3 is 2.70 bits per heavy atom. The Bertz CT molecular complexity index is 106. The van der Waals surface area contributed by atoms with Crippen LogP contribution in [0.25, 0.3) is 0 Å². The maximum Gasteiger partial charge on any atom is 0.324 e. The number of methoxy groups -OCH3 is 1. The number of carbonyl (C=O) groups excluding carboxylic acids is 1. The van der Waals surface area contributed by atoms with Crippen molar-refractivity contribution in [2.75, 3.05) is 20.2 Å². The predicted octanol–water partition coefficient (Wildman–Crippen LogP) is -0.904. The molecule has 0 amide bonds. The van der Waals surface area contributed by atoms with Crippen LogP contribution in [0.5, 0.6) is 0 Å². The third kappa shape index (κ3) is 2.80. The van der Waals surface area contributed by atoms with E-state index in [2.05, 4.69) is 10.1 Å². The Morgan fingerprint density at radius 1 is 1.80 bits per heavy atom. The monoisotopic (exact) mass is 146 g/mol. The second-order valence-electron chi connectivity index (χ2n) is 1.87. The van der Waals surface area contributed by atoms with E-state index < -0.39 is 0 Å². The Balaban J connectivity index is 3.68. The van der Waals surface area contributed by atoms with Gasteiger partial charge < -0.3 is 15.8 Å². The molecule has 0 spiro atoms. The van der Waals surface area contributed by atoms with Crippen molar-refractivity contribution in [3.8, 4) is 0 Å². The normalized spacial score (nSPS) is 12.7. The first-order valence-electron chi connectivity index (χ1n) is 3.27. The molecule has 3 N–H and O–H groups in total. The van der Waals surface area contributed by atoms with Gasteiger partial charge in [-0.3, -0.25) is 4.79 Å². The van der Waals surface area contributed by atoms with Gasteiger partial charge in [0.05, 0.1) is 7.11 Å². The molecule has 0 aliphatic carbocycles. The summed E-state index contributed by atoms with van der Waals surface area (Å²) in [5.74, 6) is -0.302. The molecular formula is C6H14N2O2. The van der Waals surface area contributed by atoms with Crippen LogP contribution in [-0.4, -0.2) is 32.2 Å². The number of nitrogens with two attached hydrogens (primary N) is 1. The molecule has 0 fully saturated rings. The zero-order valence-corrected chi connectivity index (χ0v) is 6.39. The van der Waals surface area contributed by atoms with Crippen molar-refractivity contribution in [3.63, 3.8) is 0 Å². The molecule has 4 nitrogen and oxygen atoms in total. The third-order valence-corrected chi connectivity index (χ3v) is 1.17. The highest BCUT2D eigenvalue weighted by molar-refractivity contribution is 5.75. The summed E-state index contributed by atoms with van der Waals surface area (Å²) in [7, 11) is 1.35. The van der Waals surface area contributed by atoms with Gasteiger partial charge in [-0.2, -0.15) is 0 Å². The molecule has 0 rings (SSSR count). The van der Waals surface area contributed by atoms with Crippen LogP contribution in [0.1, 0.15) is 6.92 Å². The Kier molecular flexibility index (Phi) is 4.88. The van der Waals surface area contributed by atoms with Gasteiger partial charge in [-0.1, -0.05) is 6.92 Å². The number of likely N-dealkylation sites (N-methyl/N-ethyl adjacent to an activating group) is 1. The Morgan fingerprint density at radius 2 is 2.40 bits per heavy atom. The Hall–Kier alpha value is -0.610. The SMILES string of the molecule is CCNC(CN)C(=O)OC. The molecule has 60 valence electrons. The van der Waals surface area contributed by atoms with Gasteiger partial charge in [0.1, 0.15) is 6.04 Å². The van der Waals surface area contributed by atoms with Gasteiger partial charge >= 0.3 is 5.97 Å². The molecule has 0 heterocycles. The first-order valence-corrected chi connectivity index (χ1v) is 3.27. The lowest BCUT2D eigenvalue weighted by Crippen LogP contribution is -2.43. The van der Waals surface area contributed by atoms with Crippen LogP contribution in [0, 0.1) is 0 Å². The average molecular weight is 146 g/mol. The summed E-state index contributed by atoms with van der Waals surface area (Å²) in [6, 6.07) is -0.352. The zero-order valence-electron chi connectivity index (χ0n) is 6.39. The summed E-state index contributed by atoms with van der Waals surface area (Å²) in [5.41, 5.74) is 5.27. The van der Waals surface area contributed by atoms with Crippen molar-refractivity contribution in [3.05, 3.63) is 0 Å². The van der Waals surface area contributed by atoms with E-state index >= 15 is 0 Å². The number of hydrogen-bond acceptors (Lipinski definition) is 4. The lowest BCUT2D eigenvalue weighted by molar-refractivity contribution is -0.142. The number of nitrogens with one attached hydrogen (secondary N) is 1. The van der Waals surface area contributed by atoms with Crippen LogP contribution in [-0.2, 0) is 9.53 Å². The fourth-order valence-corrected chi connectivity index (χ4v) is 0.652. The van der Waals surface area contributed by atoms with Gasteiger partial charge in [0.15, 0.2) is 0 Å². The van der Waals surface area contributed by atoms with E-state index in [-0.39, 0.29) is 18.6 Å². The fraction of sp³-hybridized carbons (Fsp3) is 0.833. The molecule has 4 heteroatoms. The van der Waals surface area contributed by atoms with E-state index in [0.29, 0.717) is 0 Å². The third-order valence-electron chi connectivity index (χ3n) is 1.17. The van der Waals surface area contributed by atoms with Gasteiger partial charge in [0.2, 0.25) is 0 Å². The van der Waals surface area contributed by atoms with Gasteiger partial charge in [0, 0.05) is 6.54 Å². The second-order valence-corrected chi connectivity index (χ2v) is 1.87. The molecule has 0 saturated heterocycles. The van der Waals surface area contributed by atoms with Crippen molar-refractivity contribution >= 4 is 5.97 Å². The first kappa shape index (κ1) is 9.39. The number of hydrogen-bond donors (Lipinski definition) is 2. The zero-order chi connectivity index (χ0) is 7.98. The molecule has 0 aliphatic rings. The summed E-state index contributed by atoms with van der Waals surface area (Å²) in [6.45, 7) is 2.91. The summed E-state index contributed by atoms with van der Waals surface area (Å²) < 4.78 is 4.47. The molecule has 1 unspecified atom stereocenters. The van der Waals surface area contributed by atoms with Crippen LogP contribution >= 0.6 is 0 Å². The van der Waals surface area contributed by atoms with Gasteiger partial charge in [-0.15, -0.1) is 0 Å². The van der Waals surface area contributed by atoms with Crippen LogP contribution in [0.15, 0.2) is 0 Å². The van der Waals surface area contributed by atoms with Crippen LogP contribution < -0.4 is 11.1 Å². The average Bonchev–Trinajstić information content (AvgIpc) is 1.99. The maximum atomic E-state index is 10.8. The van der Waals surface area contributed by atoms with Crippen LogP contribution in [0.4, 0.5) is 0 Å². The quantitative estimate of drug-likeness (QED) is 0.504. The second kappa shape index (κ2) is 5.20. The lowest BCUT2D eigenvalue weighted by atomic mass is 10.3. The van der Waals surface area contributed by atoms with Crippen LogP contribution in [0.2, 0.25) is 0 Å². The van der Waals surface area contributed by atoms with Crippen molar-refractivity contribution in [1.82, 2.24) is 5.32 Å². The summed E-state index contributed by atoms with van der Waals surface area (Å²) in [6.07, 6.45) is 0. The summed E-state index contributed by atoms with van der Waals surface area (Å²) >= 11 is 0. The fourth-order valence-electron chi connectivity index (χ4n) is 0.652. The molecule has 0 aromatic rings. The minimum Gasteiger partial charge on any atom is -0.468 e. The van der Waals surface area contributed by atoms with Gasteiger partial charge in [0.25, 0.3) is 0 Å². The van der Waals surface area contributed by atoms with E-state index in [1.54, 1.807) is 0 Å². The topological polar surface area (TPSA) is 64.3 Å². The minimum atomic E-state index is -0.352. The number of ether oxygens (including phenoxy) is 1. The summed E-state index contributed by atoms with van der Waals surface area (Å²) in [5, 5.41) is 2.88. The van der Waals surface area contributed by atoms with E-state index in [0.717, 1.165) is 6.54 Å². The van der Waals surface area contributed by atoms with Gasteiger partial charge in [-0.05, 0) is 6.54 Å². The van der Waals surface area contributed by atoms with Crippen LogP contribution in [0.3, 0.4) is 0 Å². The van der Waals surface area contributed by atoms with E-state index in [9.17, 15) is 4.79 Å².